The zero-order valence-corrected chi connectivity index (χ0v) is 13.2. The van der Waals surface area contributed by atoms with Gasteiger partial charge in [0.15, 0.2) is 0 Å². The summed E-state index contributed by atoms with van der Waals surface area (Å²) in [6.45, 7) is 5.89. The number of benzene rings is 1. The van der Waals surface area contributed by atoms with Crippen molar-refractivity contribution in [3.63, 3.8) is 0 Å². The van der Waals surface area contributed by atoms with Crippen LogP contribution in [0.4, 0.5) is 0 Å². The highest BCUT2D eigenvalue weighted by Crippen LogP contribution is 2.25. The lowest BCUT2D eigenvalue weighted by atomic mass is 10.1. The lowest BCUT2D eigenvalue weighted by Gasteiger charge is -2.06. The maximum atomic E-state index is 5.73. The zero-order valence-electron chi connectivity index (χ0n) is 13.2. The summed E-state index contributed by atoms with van der Waals surface area (Å²) in [5.74, 6) is 0.929. The molecule has 2 aromatic rings. The van der Waals surface area contributed by atoms with Crippen LogP contribution in [0.5, 0.6) is 5.75 Å². The molecule has 2 rings (SSSR count). The van der Waals surface area contributed by atoms with E-state index in [4.69, 9.17) is 4.74 Å². The molecule has 0 aliphatic carbocycles. The van der Waals surface area contributed by atoms with E-state index in [9.17, 15) is 0 Å². The Morgan fingerprint density at radius 3 is 2.62 bits per heavy atom. The molecule has 0 unspecified atom stereocenters. The molecule has 21 heavy (non-hydrogen) atoms. The fourth-order valence-electron chi connectivity index (χ4n) is 2.32. The molecule has 0 bridgehead atoms. The average molecular weight is 287 g/mol. The van der Waals surface area contributed by atoms with Gasteiger partial charge in [-0.2, -0.15) is 5.10 Å². The molecule has 0 saturated carbocycles. The fourth-order valence-corrected chi connectivity index (χ4v) is 2.32. The number of H-pyrrole nitrogens is 1. The van der Waals surface area contributed by atoms with Crippen LogP contribution in [-0.2, 0) is 6.54 Å². The Morgan fingerprint density at radius 1 is 1.19 bits per heavy atom. The van der Waals surface area contributed by atoms with Gasteiger partial charge in [-0.15, -0.1) is 0 Å². The Labute approximate surface area is 126 Å². The van der Waals surface area contributed by atoms with E-state index in [2.05, 4.69) is 41.5 Å². The van der Waals surface area contributed by atoms with Gasteiger partial charge in [0.25, 0.3) is 0 Å². The number of unbranched alkanes of at least 4 members (excludes halogenated alkanes) is 2. The highest BCUT2D eigenvalue weighted by molar-refractivity contribution is 5.64. The van der Waals surface area contributed by atoms with Crippen molar-refractivity contribution in [3.8, 4) is 17.0 Å². The van der Waals surface area contributed by atoms with Crippen molar-refractivity contribution in [2.24, 2.45) is 0 Å². The second kappa shape index (κ2) is 7.84. The van der Waals surface area contributed by atoms with Gasteiger partial charge in [0.05, 0.1) is 18.0 Å². The maximum absolute atomic E-state index is 5.73. The van der Waals surface area contributed by atoms with Crippen LogP contribution in [0, 0.1) is 6.92 Å². The molecular formula is C17H25N3O. The second-order valence-electron chi connectivity index (χ2n) is 5.29. The first-order chi connectivity index (χ1) is 10.3. The van der Waals surface area contributed by atoms with E-state index in [-0.39, 0.29) is 0 Å². The molecule has 0 aliphatic heterocycles. The average Bonchev–Trinajstić information content (AvgIpc) is 2.86. The Hall–Kier alpha value is -1.81. The molecule has 4 nitrogen and oxygen atoms in total. The van der Waals surface area contributed by atoms with Crippen LogP contribution >= 0.6 is 0 Å². The van der Waals surface area contributed by atoms with E-state index >= 15 is 0 Å². The number of nitrogens with zero attached hydrogens (tertiary/aromatic N) is 1. The minimum atomic E-state index is 0.793. The van der Waals surface area contributed by atoms with E-state index in [1.54, 1.807) is 0 Å². The number of ether oxygens (including phenoxy) is 1. The third-order valence-corrected chi connectivity index (χ3v) is 3.61. The predicted octanol–water partition coefficient (Wildman–Crippen LogP) is 3.67. The van der Waals surface area contributed by atoms with E-state index in [1.807, 2.05) is 19.2 Å². The van der Waals surface area contributed by atoms with Crippen molar-refractivity contribution < 1.29 is 4.74 Å². The van der Waals surface area contributed by atoms with Crippen LogP contribution in [0.25, 0.3) is 11.3 Å². The third-order valence-electron chi connectivity index (χ3n) is 3.61. The lowest BCUT2D eigenvalue weighted by Crippen LogP contribution is -2.06. The van der Waals surface area contributed by atoms with Crippen molar-refractivity contribution in [2.75, 3.05) is 13.7 Å². The first-order valence-corrected chi connectivity index (χ1v) is 7.68. The zero-order chi connectivity index (χ0) is 15.1. The summed E-state index contributed by atoms with van der Waals surface area (Å²) in [7, 11) is 1.94. The highest BCUT2D eigenvalue weighted by Gasteiger charge is 2.10. The van der Waals surface area contributed by atoms with Gasteiger partial charge in [-0.1, -0.05) is 19.8 Å². The molecule has 1 aromatic carbocycles. The molecule has 114 valence electrons. The topological polar surface area (TPSA) is 49.9 Å². The molecule has 2 N–H and O–H groups in total. The summed E-state index contributed by atoms with van der Waals surface area (Å²) < 4.78 is 5.73. The molecule has 0 atom stereocenters. The molecular weight excluding hydrogens is 262 g/mol. The quantitative estimate of drug-likeness (QED) is 0.728. The fraction of sp³-hybridized carbons (Fsp3) is 0.471. The van der Waals surface area contributed by atoms with Gasteiger partial charge in [-0.3, -0.25) is 5.10 Å². The number of nitrogens with one attached hydrogen (secondary N) is 2. The van der Waals surface area contributed by atoms with Crippen LogP contribution in [0.3, 0.4) is 0 Å². The Morgan fingerprint density at radius 2 is 1.95 bits per heavy atom. The standard InChI is InChI=1S/C17H25N3O/c1-4-5-6-11-21-15-9-7-14(8-10-15)17-13(2)16(12-18-3)19-20-17/h7-10,18H,4-6,11-12H2,1-3H3,(H,19,20). The summed E-state index contributed by atoms with van der Waals surface area (Å²) in [6, 6.07) is 8.18. The van der Waals surface area contributed by atoms with Gasteiger partial charge < -0.3 is 10.1 Å². The normalized spacial score (nSPS) is 10.8. The summed E-state index contributed by atoms with van der Waals surface area (Å²) in [4.78, 5) is 0. The van der Waals surface area contributed by atoms with E-state index in [0.717, 1.165) is 42.3 Å². The molecule has 0 radical (unpaired) electrons. The molecule has 1 heterocycles. The maximum Gasteiger partial charge on any atom is 0.119 e. The van der Waals surface area contributed by atoms with Crippen molar-refractivity contribution in [3.05, 3.63) is 35.5 Å². The molecule has 4 heteroatoms. The van der Waals surface area contributed by atoms with Crippen LogP contribution in [-0.4, -0.2) is 23.9 Å². The van der Waals surface area contributed by atoms with Crippen molar-refractivity contribution in [1.29, 1.82) is 0 Å². The van der Waals surface area contributed by atoms with Gasteiger partial charge in [-0.05, 0) is 50.2 Å². The minimum absolute atomic E-state index is 0.793. The van der Waals surface area contributed by atoms with Gasteiger partial charge >= 0.3 is 0 Å². The minimum Gasteiger partial charge on any atom is -0.494 e. The van der Waals surface area contributed by atoms with Crippen LogP contribution in [0.1, 0.15) is 37.4 Å². The Kier molecular flexibility index (Phi) is 5.81. The predicted molar refractivity (Wildman–Crippen MR) is 86.5 cm³/mol. The van der Waals surface area contributed by atoms with Crippen LogP contribution in [0.15, 0.2) is 24.3 Å². The van der Waals surface area contributed by atoms with Crippen molar-refractivity contribution >= 4 is 0 Å². The summed E-state index contributed by atoms with van der Waals surface area (Å²) in [5.41, 5.74) is 4.46. The van der Waals surface area contributed by atoms with Crippen molar-refractivity contribution in [1.82, 2.24) is 15.5 Å². The van der Waals surface area contributed by atoms with E-state index < -0.39 is 0 Å². The lowest BCUT2D eigenvalue weighted by molar-refractivity contribution is 0.306. The Bertz CT molecular complexity index is 546. The first-order valence-electron chi connectivity index (χ1n) is 7.68. The summed E-state index contributed by atoms with van der Waals surface area (Å²) in [6.07, 6.45) is 3.55. The summed E-state index contributed by atoms with van der Waals surface area (Å²) >= 11 is 0. The smallest absolute Gasteiger partial charge is 0.119 e. The highest BCUT2D eigenvalue weighted by atomic mass is 16.5. The largest absolute Gasteiger partial charge is 0.494 e. The van der Waals surface area contributed by atoms with Gasteiger partial charge in [0, 0.05) is 12.1 Å². The summed E-state index contributed by atoms with van der Waals surface area (Å²) in [5, 5.41) is 10.6. The van der Waals surface area contributed by atoms with E-state index in [1.165, 1.54) is 18.4 Å². The van der Waals surface area contributed by atoms with E-state index in [0.29, 0.717) is 0 Å². The van der Waals surface area contributed by atoms with Crippen molar-refractivity contribution in [2.45, 2.75) is 39.7 Å². The number of hydrogen-bond donors (Lipinski definition) is 2. The van der Waals surface area contributed by atoms with Gasteiger partial charge in [0.2, 0.25) is 0 Å². The number of rotatable bonds is 8. The monoisotopic (exact) mass is 287 g/mol. The molecule has 0 aliphatic rings. The molecule has 1 aromatic heterocycles. The molecule has 0 fully saturated rings. The third kappa shape index (κ3) is 4.08. The number of hydrogen-bond acceptors (Lipinski definition) is 3. The van der Waals surface area contributed by atoms with Gasteiger partial charge in [0.1, 0.15) is 5.75 Å². The second-order valence-corrected chi connectivity index (χ2v) is 5.29. The molecule has 0 saturated heterocycles. The molecule has 0 spiro atoms. The number of aromatic nitrogens is 2. The van der Waals surface area contributed by atoms with Crippen LogP contribution in [0.2, 0.25) is 0 Å². The number of aromatic amines is 1. The first kappa shape index (κ1) is 15.6. The SMILES string of the molecule is CCCCCOc1ccc(-c2n[nH]c(CNC)c2C)cc1. The molecule has 0 amide bonds. The van der Waals surface area contributed by atoms with Crippen LogP contribution < -0.4 is 10.1 Å². The Balaban J connectivity index is 2.01. The van der Waals surface area contributed by atoms with Gasteiger partial charge in [-0.25, -0.2) is 0 Å².